The summed E-state index contributed by atoms with van der Waals surface area (Å²) in [7, 11) is 0. The maximum Gasteiger partial charge on any atom is 0.156 e. The summed E-state index contributed by atoms with van der Waals surface area (Å²) in [4.78, 5) is 0. The van der Waals surface area contributed by atoms with Gasteiger partial charge in [-0.25, -0.2) is 0 Å². The first-order valence-corrected chi connectivity index (χ1v) is 18.1. The normalized spacial score (nSPS) is 13.3. The van der Waals surface area contributed by atoms with E-state index in [4.69, 9.17) is 0 Å². The molecule has 0 fully saturated rings. The van der Waals surface area contributed by atoms with E-state index >= 15 is 0 Å². The van der Waals surface area contributed by atoms with Crippen molar-refractivity contribution in [2.24, 2.45) is 10.8 Å². The highest BCUT2D eigenvalue weighted by Crippen LogP contribution is 2.42. The van der Waals surface area contributed by atoms with Gasteiger partial charge in [0.1, 0.15) is 0 Å². The molecule has 2 nitrogen and oxygen atoms in total. The molecule has 2 atom stereocenters. The standard InChI is InChI=1S/C52H44O2/c1-49(2,3)51(53,35-33-43-25-21-41(22-26-43)19-17-39-13-9-7-10-14-39)47-31-29-45-30-32-48(38-46(45)37-47)52(54,50(4,5)6)36-34-44-27-23-42(24-28-44)20-18-40-15-11-8-12-16-40/h7-16,21-32,37-38,53-54H,1-6H3. The Morgan fingerprint density at radius 1 is 0.333 bits per heavy atom. The van der Waals surface area contributed by atoms with Crippen LogP contribution in [0.15, 0.2) is 146 Å². The molecule has 2 N–H and O–H groups in total. The Kier molecular flexibility index (Phi) is 10.7. The van der Waals surface area contributed by atoms with Crippen molar-refractivity contribution in [3.05, 3.63) is 190 Å². The van der Waals surface area contributed by atoms with Crippen molar-refractivity contribution < 1.29 is 10.2 Å². The molecular formula is C52H44O2. The smallest absolute Gasteiger partial charge is 0.156 e. The van der Waals surface area contributed by atoms with Crippen LogP contribution in [-0.4, -0.2) is 10.2 Å². The SMILES string of the molecule is CC(C)(C)C(O)(C#Cc1ccc(C#Cc2ccccc2)cc1)c1ccc2ccc(C(O)(C#Cc3ccc(C#Cc4ccccc4)cc3)C(C)(C)C)cc2c1. The predicted octanol–water partition coefficient (Wildman–Crippen LogP) is 10.2. The lowest BCUT2D eigenvalue weighted by Crippen LogP contribution is -2.39. The Labute approximate surface area is 320 Å². The summed E-state index contributed by atoms with van der Waals surface area (Å²) in [5.41, 5.74) is 2.46. The molecular weight excluding hydrogens is 657 g/mol. The zero-order valence-electron chi connectivity index (χ0n) is 31.8. The van der Waals surface area contributed by atoms with Gasteiger partial charge >= 0.3 is 0 Å². The van der Waals surface area contributed by atoms with Crippen molar-refractivity contribution in [3.8, 4) is 47.4 Å². The maximum atomic E-state index is 12.3. The molecule has 0 aliphatic rings. The summed E-state index contributed by atoms with van der Waals surface area (Å²) in [5, 5.41) is 26.5. The van der Waals surface area contributed by atoms with Crippen LogP contribution in [-0.2, 0) is 11.2 Å². The minimum Gasteiger partial charge on any atom is -0.373 e. The second kappa shape index (κ2) is 15.4. The number of hydrogen-bond acceptors (Lipinski definition) is 2. The molecule has 0 aromatic heterocycles. The average Bonchev–Trinajstić information content (AvgIpc) is 3.17. The van der Waals surface area contributed by atoms with E-state index in [1.165, 1.54) is 0 Å². The molecule has 0 saturated heterocycles. The molecule has 6 aromatic carbocycles. The average molecular weight is 701 g/mol. The van der Waals surface area contributed by atoms with Crippen LogP contribution in [0.2, 0.25) is 0 Å². The Morgan fingerprint density at radius 3 is 0.944 bits per heavy atom. The molecule has 6 rings (SSSR count). The Bertz CT molecular complexity index is 2340. The van der Waals surface area contributed by atoms with Gasteiger partial charge in [-0.1, -0.05) is 150 Å². The van der Waals surface area contributed by atoms with Crippen molar-refractivity contribution >= 4 is 10.8 Å². The second-order valence-corrected chi connectivity index (χ2v) is 15.6. The molecule has 0 bridgehead atoms. The molecule has 0 amide bonds. The van der Waals surface area contributed by atoms with Gasteiger partial charge in [0, 0.05) is 44.2 Å². The summed E-state index contributed by atoms with van der Waals surface area (Å²) in [6, 6.07) is 47.1. The lowest BCUT2D eigenvalue weighted by atomic mass is 9.71. The minimum absolute atomic E-state index is 0.618. The van der Waals surface area contributed by atoms with E-state index in [1.807, 2.05) is 187 Å². The highest BCUT2D eigenvalue weighted by atomic mass is 16.3. The third-order valence-corrected chi connectivity index (χ3v) is 9.64. The number of aliphatic hydroxyl groups is 2. The molecule has 0 saturated carbocycles. The van der Waals surface area contributed by atoms with Gasteiger partial charge < -0.3 is 10.2 Å². The Hall–Kier alpha value is -6.26. The fourth-order valence-electron chi connectivity index (χ4n) is 6.01. The molecule has 0 spiro atoms. The Balaban J connectivity index is 1.30. The van der Waals surface area contributed by atoms with Crippen LogP contribution in [0, 0.1) is 58.2 Å². The summed E-state index contributed by atoms with van der Waals surface area (Å²) >= 11 is 0. The van der Waals surface area contributed by atoms with E-state index < -0.39 is 22.0 Å². The molecule has 0 heterocycles. The predicted molar refractivity (Wildman–Crippen MR) is 222 cm³/mol. The molecule has 0 aliphatic heterocycles. The third-order valence-electron chi connectivity index (χ3n) is 9.64. The van der Waals surface area contributed by atoms with Crippen molar-refractivity contribution in [1.82, 2.24) is 0 Å². The fourth-order valence-corrected chi connectivity index (χ4v) is 6.01. The van der Waals surface area contributed by atoms with Gasteiger partial charge in [-0.15, -0.1) is 0 Å². The lowest BCUT2D eigenvalue weighted by Gasteiger charge is -2.37. The molecule has 0 radical (unpaired) electrons. The first-order valence-electron chi connectivity index (χ1n) is 18.1. The van der Waals surface area contributed by atoms with E-state index in [9.17, 15) is 10.2 Å². The monoisotopic (exact) mass is 700 g/mol. The van der Waals surface area contributed by atoms with Gasteiger partial charge in [-0.3, -0.25) is 0 Å². The molecule has 6 aromatic rings. The summed E-state index contributed by atoms with van der Waals surface area (Å²) in [5.74, 6) is 25.7. The van der Waals surface area contributed by atoms with Crippen LogP contribution in [0.4, 0.5) is 0 Å². The van der Waals surface area contributed by atoms with Gasteiger partial charge in [0.25, 0.3) is 0 Å². The first-order chi connectivity index (χ1) is 25.7. The second-order valence-electron chi connectivity index (χ2n) is 15.6. The van der Waals surface area contributed by atoms with Crippen molar-refractivity contribution in [1.29, 1.82) is 0 Å². The summed E-state index contributed by atoms with van der Waals surface area (Å²) < 4.78 is 0. The van der Waals surface area contributed by atoms with Crippen molar-refractivity contribution in [2.75, 3.05) is 0 Å². The Morgan fingerprint density at radius 2 is 0.630 bits per heavy atom. The maximum absolute atomic E-state index is 12.3. The molecule has 0 aliphatic carbocycles. The number of benzene rings is 6. The van der Waals surface area contributed by atoms with Crippen LogP contribution in [0.5, 0.6) is 0 Å². The number of fused-ring (bicyclic) bond motifs is 1. The lowest BCUT2D eigenvalue weighted by molar-refractivity contribution is -0.00919. The molecule has 2 unspecified atom stereocenters. The molecule has 2 heteroatoms. The van der Waals surface area contributed by atoms with Gasteiger partial charge in [0.2, 0.25) is 0 Å². The number of rotatable bonds is 2. The molecule has 264 valence electrons. The topological polar surface area (TPSA) is 40.5 Å². The minimum atomic E-state index is -1.47. The van der Waals surface area contributed by atoms with Crippen LogP contribution >= 0.6 is 0 Å². The van der Waals surface area contributed by atoms with Crippen LogP contribution in [0.3, 0.4) is 0 Å². The zero-order chi connectivity index (χ0) is 38.4. The van der Waals surface area contributed by atoms with Gasteiger partial charge in [0.05, 0.1) is 0 Å². The number of hydrogen-bond donors (Lipinski definition) is 2. The van der Waals surface area contributed by atoms with E-state index in [2.05, 4.69) is 47.4 Å². The quantitative estimate of drug-likeness (QED) is 0.177. The van der Waals surface area contributed by atoms with Crippen LogP contribution < -0.4 is 0 Å². The zero-order valence-corrected chi connectivity index (χ0v) is 31.8. The largest absolute Gasteiger partial charge is 0.373 e. The van der Waals surface area contributed by atoms with E-state index in [0.717, 1.165) is 44.2 Å². The highest BCUT2D eigenvalue weighted by Gasteiger charge is 2.42. The summed E-state index contributed by atoms with van der Waals surface area (Å²) in [6.07, 6.45) is 0. The highest BCUT2D eigenvalue weighted by molar-refractivity contribution is 5.84. The van der Waals surface area contributed by atoms with Crippen molar-refractivity contribution in [2.45, 2.75) is 52.7 Å². The van der Waals surface area contributed by atoms with Gasteiger partial charge in [-0.05, 0) is 107 Å². The van der Waals surface area contributed by atoms with Gasteiger partial charge in [0.15, 0.2) is 11.2 Å². The third kappa shape index (κ3) is 8.51. The van der Waals surface area contributed by atoms with E-state index in [1.54, 1.807) is 0 Å². The fraction of sp³-hybridized carbons (Fsp3) is 0.192. The van der Waals surface area contributed by atoms with E-state index in [-0.39, 0.29) is 0 Å². The van der Waals surface area contributed by atoms with Crippen LogP contribution in [0.1, 0.15) is 86.1 Å². The van der Waals surface area contributed by atoms with E-state index in [0.29, 0.717) is 11.1 Å². The van der Waals surface area contributed by atoms with Crippen molar-refractivity contribution in [3.63, 3.8) is 0 Å². The molecule has 54 heavy (non-hydrogen) atoms. The summed E-state index contributed by atoms with van der Waals surface area (Å²) in [6.45, 7) is 11.9. The first kappa shape index (κ1) is 37.5. The van der Waals surface area contributed by atoms with Gasteiger partial charge in [-0.2, -0.15) is 0 Å². The van der Waals surface area contributed by atoms with Crippen LogP contribution in [0.25, 0.3) is 10.8 Å².